The molecule has 134 valence electrons. The molecule has 0 saturated heterocycles. The summed E-state index contributed by atoms with van der Waals surface area (Å²) < 4.78 is 5.78. The summed E-state index contributed by atoms with van der Waals surface area (Å²) in [4.78, 5) is 22.2. The third kappa shape index (κ3) is 4.21. The highest BCUT2D eigenvalue weighted by Gasteiger charge is 2.15. The molecule has 0 radical (unpaired) electrons. The van der Waals surface area contributed by atoms with E-state index in [1.165, 1.54) is 22.7 Å². The molecule has 4 rings (SSSR count). The van der Waals surface area contributed by atoms with Gasteiger partial charge in [0.05, 0.1) is 21.6 Å². The lowest BCUT2D eigenvalue weighted by Gasteiger charge is -2.09. The largest absolute Gasteiger partial charge is 0.486 e. The van der Waals surface area contributed by atoms with Crippen molar-refractivity contribution in [3.05, 3.63) is 82.9 Å². The van der Waals surface area contributed by atoms with Crippen LogP contribution >= 0.6 is 22.7 Å². The zero-order chi connectivity index (χ0) is 18.5. The molecule has 4 aromatic rings. The molecule has 0 saturated carbocycles. The first-order chi connectivity index (χ1) is 13.3. The van der Waals surface area contributed by atoms with Crippen molar-refractivity contribution < 1.29 is 9.53 Å². The number of benzene rings is 2. The van der Waals surface area contributed by atoms with Crippen LogP contribution in [0.5, 0.6) is 5.75 Å². The number of carbonyl (C=O) groups excluding carboxylic acids is 1. The maximum Gasteiger partial charge on any atom is 0.261 e. The van der Waals surface area contributed by atoms with Gasteiger partial charge in [-0.3, -0.25) is 10.1 Å². The Labute approximate surface area is 164 Å². The van der Waals surface area contributed by atoms with Gasteiger partial charge in [0.15, 0.2) is 5.13 Å². The Morgan fingerprint density at radius 3 is 2.67 bits per heavy atom. The number of thiazole rings is 2. The molecule has 1 N–H and O–H groups in total. The van der Waals surface area contributed by atoms with Gasteiger partial charge in [-0.2, -0.15) is 0 Å². The minimum absolute atomic E-state index is 0.252. The Kier molecular flexibility index (Phi) is 5.22. The first-order valence-electron chi connectivity index (χ1n) is 8.21. The maximum absolute atomic E-state index is 12.7. The average Bonchev–Trinajstić information content (AvgIpc) is 3.39. The van der Waals surface area contributed by atoms with Crippen LogP contribution in [0.4, 0.5) is 5.13 Å². The number of rotatable bonds is 6. The molecule has 2 heterocycles. The summed E-state index contributed by atoms with van der Waals surface area (Å²) in [7, 11) is 0. The fourth-order valence-electron chi connectivity index (χ4n) is 2.47. The Morgan fingerprint density at radius 1 is 1.04 bits per heavy atom. The number of carbonyl (C=O) groups is 1. The van der Waals surface area contributed by atoms with Gasteiger partial charge in [-0.15, -0.1) is 11.3 Å². The summed E-state index contributed by atoms with van der Waals surface area (Å²) in [5.74, 6) is 0.265. The molecule has 0 bridgehead atoms. The lowest BCUT2D eigenvalue weighted by molar-refractivity contribution is 0.102. The van der Waals surface area contributed by atoms with Crippen LogP contribution in [0.25, 0.3) is 10.4 Å². The van der Waals surface area contributed by atoms with E-state index in [1.54, 1.807) is 23.8 Å². The van der Waals surface area contributed by atoms with Crippen LogP contribution in [0.2, 0.25) is 0 Å². The van der Waals surface area contributed by atoms with Crippen molar-refractivity contribution >= 4 is 33.7 Å². The summed E-state index contributed by atoms with van der Waals surface area (Å²) in [6.45, 7) is 0.323. The number of amides is 1. The highest BCUT2D eigenvalue weighted by Crippen LogP contribution is 2.29. The van der Waals surface area contributed by atoms with Gasteiger partial charge in [-0.1, -0.05) is 53.8 Å². The second kappa shape index (κ2) is 8.11. The first kappa shape index (κ1) is 17.4. The molecule has 0 spiro atoms. The molecule has 0 unspecified atom stereocenters. The van der Waals surface area contributed by atoms with Gasteiger partial charge in [0.25, 0.3) is 5.91 Å². The van der Waals surface area contributed by atoms with Crippen LogP contribution in [0.15, 0.2) is 71.7 Å². The summed E-state index contributed by atoms with van der Waals surface area (Å²) in [5.41, 5.74) is 4.12. The van der Waals surface area contributed by atoms with Gasteiger partial charge in [0.1, 0.15) is 12.4 Å². The van der Waals surface area contributed by atoms with E-state index in [9.17, 15) is 4.79 Å². The predicted octanol–water partition coefficient (Wildman–Crippen LogP) is 5.10. The molecule has 0 fully saturated rings. The summed E-state index contributed by atoms with van der Waals surface area (Å²) in [6.07, 6.45) is 1.76. The number of hydrogen-bond acceptors (Lipinski definition) is 6. The third-order valence-corrected chi connectivity index (χ3v) is 5.37. The van der Waals surface area contributed by atoms with Gasteiger partial charge in [0.2, 0.25) is 0 Å². The Hall–Kier alpha value is -3.03. The number of nitrogens with zero attached hydrogens (tertiary/aromatic N) is 2. The molecule has 0 aliphatic rings. The molecular formula is C20H15N3O2S2. The Balaban J connectivity index is 1.48. The normalized spacial score (nSPS) is 10.5. The van der Waals surface area contributed by atoms with Gasteiger partial charge in [-0.25, -0.2) is 9.97 Å². The maximum atomic E-state index is 12.7. The van der Waals surface area contributed by atoms with E-state index in [2.05, 4.69) is 15.3 Å². The van der Waals surface area contributed by atoms with Crippen LogP contribution in [0, 0.1) is 0 Å². The molecule has 27 heavy (non-hydrogen) atoms. The lowest BCUT2D eigenvalue weighted by atomic mass is 10.2. The Bertz CT molecular complexity index is 1030. The molecule has 5 nitrogen and oxygen atoms in total. The summed E-state index contributed by atoms with van der Waals surface area (Å²) >= 11 is 2.94. The molecule has 0 atom stereocenters. The quantitative estimate of drug-likeness (QED) is 0.495. The topological polar surface area (TPSA) is 64.1 Å². The molecule has 1 amide bonds. The minimum atomic E-state index is -0.252. The number of aromatic nitrogens is 2. The van der Waals surface area contributed by atoms with E-state index in [-0.39, 0.29) is 5.91 Å². The highest BCUT2D eigenvalue weighted by atomic mass is 32.1. The van der Waals surface area contributed by atoms with Crippen LogP contribution in [0.3, 0.4) is 0 Å². The molecular weight excluding hydrogens is 378 g/mol. The second-order valence-electron chi connectivity index (χ2n) is 5.61. The number of ether oxygens (including phenoxy) is 1. The van der Waals surface area contributed by atoms with E-state index in [1.807, 2.05) is 47.8 Å². The lowest BCUT2D eigenvalue weighted by Crippen LogP contribution is -2.13. The number of para-hydroxylation sites is 1. The fraction of sp³-hybridized carbons (Fsp3) is 0.0500. The highest BCUT2D eigenvalue weighted by molar-refractivity contribution is 7.19. The molecule has 0 aliphatic heterocycles. The van der Waals surface area contributed by atoms with Crippen LogP contribution in [-0.2, 0) is 6.61 Å². The standard InChI is InChI=1S/C20H15N3O2S2/c24-19(23-20-21-10-18(27-20)14-6-2-1-3-7-14)16-8-4-5-9-17(16)25-11-15-12-26-13-22-15/h1-10,12-13H,11H2,(H,21,23,24). The minimum Gasteiger partial charge on any atom is -0.486 e. The van der Waals surface area contributed by atoms with Crippen LogP contribution in [0.1, 0.15) is 16.1 Å². The number of anilines is 1. The van der Waals surface area contributed by atoms with Gasteiger partial charge in [-0.05, 0) is 17.7 Å². The van der Waals surface area contributed by atoms with Crippen LogP contribution < -0.4 is 10.1 Å². The average molecular weight is 393 g/mol. The van der Waals surface area contributed by atoms with E-state index in [4.69, 9.17) is 4.74 Å². The van der Waals surface area contributed by atoms with Crippen molar-refractivity contribution in [1.82, 2.24) is 9.97 Å². The van der Waals surface area contributed by atoms with Gasteiger partial charge in [0, 0.05) is 11.6 Å². The summed E-state index contributed by atoms with van der Waals surface area (Å²) in [5, 5.41) is 5.33. The molecule has 2 aromatic heterocycles. The van der Waals surface area contributed by atoms with E-state index >= 15 is 0 Å². The van der Waals surface area contributed by atoms with Crippen molar-refractivity contribution in [3.8, 4) is 16.2 Å². The van der Waals surface area contributed by atoms with Crippen molar-refractivity contribution in [2.45, 2.75) is 6.61 Å². The third-order valence-electron chi connectivity index (χ3n) is 3.78. The van der Waals surface area contributed by atoms with Gasteiger partial charge < -0.3 is 4.74 Å². The SMILES string of the molecule is O=C(Nc1ncc(-c2ccccc2)s1)c1ccccc1OCc1cscn1. The smallest absolute Gasteiger partial charge is 0.261 e. The van der Waals surface area contributed by atoms with Gasteiger partial charge >= 0.3 is 0 Å². The summed E-state index contributed by atoms with van der Waals surface area (Å²) in [6, 6.07) is 17.1. The van der Waals surface area contributed by atoms with Crippen molar-refractivity contribution in [3.63, 3.8) is 0 Å². The second-order valence-corrected chi connectivity index (χ2v) is 7.36. The fourth-order valence-corrected chi connectivity index (χ4v) is 3.83. The first-order valence-corrected chi connectivity index (χ1v) is 9.97. The number of nitrogens with one attached hydrogen (secondary N) is 1. The van der Waals surface area contributed by atoms with Crippen molar-refractivity contribution in [2.75, 3.05) is 5.32 Å². The Morgan fingerprint density at radius 2 is 1.85 bits per heavy atom. The van der Waals surface area contributed by atoms with Crippen LogP contribution in [-0.4, -0.2) is 15.9 Å². The van der Waals surface area contributed by atoms with E-state index in [0.717, 1.165) is 16.1 Å². The van der Waals surface area contributed by atoms with E-state index in [0.29, 0.717) is 23.1 Å². The van der Waals surface area contributed by atoms with E-state index < -0.39 is 0 Å². The zero-order valence-electron chi connectivity index (χ0n) is 14.2. The monoisotopic (exact) mass is 393 g/mol. The zero-order valence-corrected chi connectivity index (χ0v) is 15.8. The molecule has 0 aliphatic carbocycles. The molecule has 2 aromatic carbocycles. The van der Waals surface area contributed by atoms with Crippen molar-refractivity contribution in [1.29, 1.82) is 0 Å². The molecule has 7 heteroatoms. The van der Waals surface area contributed by atoms with Crippen molar-refractivity contribution in [2.24, 2.45) is 0 Å². The predicted molar refractivity (Wildman–Crippen MR) is 108 cm³/mol. The number of hydrogen-bond donors (Lipinski definition) is 1.